The molecule has 0 saturated carbocycles. The number of para-hydroxylation sites is 1. The number of nitrogens with zero attached hydrogens (tertiary/aromatic N) is 1. The second-order valence-electron chi connectivity index (χ2n) is 7.73. The van der Waals surface area contributed by atoms with Crippen molar-refractivity contribution in [3.63, 3.8) is 0 Å². The van der Waals surface area contributed by atoms with Crippen molar-refractivity contribution < 1.29 is 9.59 Å². The van der Waals surface area contributed by atoms with Gasteiger partial charge < -0.3 is 10.2 Å². The van der Waals surface area contributed by atoms with E-state index < -0.39 is 0 Å². The summed E-state index contributed by atoms with van der Waals surface area (Å²) in [4.78, 5) is 27.7. The standard InChI is InChI=1S/C27H30N2O2/c1-3-19-29(20-26(30)28-25-16-10-7-11-21(25)2)27(31)24-15-9-8-14-23(24)18-17-22-12-5-4-6-13-22/h4-16H,3,17-20H2,1-2H3,(H,28,30). The van der Waals surface area contributed by atoms with Crippen molar-refractivity contribution >= 4 is 17.5 Å². The third kappa shape index (κ3) is 6.29. The predicted molar refractivity (Wildman–Crippen MR) is 126 cm³/mol. The van der Waals surface area contributed by atoms with Crippen LogP contribution in [0.3, 0.4) is 0 Å². The first-order chi connectivity index (χ1) is 15.1. The minimum absolute atomic E-state index is 0.0357. The fraction of sp³-hybridized carbons (Fsp3) is 0.259. The summed E-state index contributed by atoms with van der Waals surface area (Å²) in [6.07, 6.45) is 2.43. The molecule has 2 amide bonds. The highest BCUT2D eigenvalue weighted by atomic mass is 16.2. The lowest BCUT2D eigenvalue weighted by molar-refractivity contribution is -0.116. The summed E-state index contributed by atoms with van der Waals surface area (Å²) in [7, 11) is 0. The molecule has 4 heteroatoms. The van der Waals surface area contributed by atoms with Crippen molar-refractivity contribution in [2.24, 2.45) is 0 Å². The Morgan fingerprint density at radius 2 is 1.52 bits per heavy atom. The van der Waals surface area contributed by atoms with Crippen molar-refractivity contribution in [3.05, 3.63) is 101 Å². The van der Waals surface area contributed by atoms with Crippen LogP contribution in [-0.4, -0.2) is 29.8 Å². The molecule has 0 bridgehead atoms. The van der Waals surface area contributed by atoms with Crippen LogP contribution in [0.2, 0.25) is 0 Å². The van der Waals surface area contributed by atoms with E-state index in [2.05, 4.69) is 17.4 Å². The van der Waals surface area contributed by atoms with E-state index in [1.165, 1.54) is 5.56 Å². The molecule has 0 atom stereocenters. The Morgan fingerprint density at radius 3 is 2.26 bits per heavy atom. The first kappa shape index (κ1) is 22.3. The maximum Gasteiger partial charge on any atom is 0.254 e. The fourth-order valence-corrected chi connectivity index (χ4v) is 3.64. The van der Waals surface area contributed by atoms with Gasteiger partial charge in [0.1, 0.15) is 6.54 Å². The Bertz CT molecular complexity index is 1010. The van der Waals surface area contributed by atoms with E-state index in [4.69, 9.17) is 0 Å². The predicted octanol–water partition coefficient (Wildman–Crippen LogP) is 5.27. The van der Waals surface area contributed by atoms with Gasteiger partial charge in [-0.15, -0.1) is 0 Å². The summed E-state index contributed by atoms with van der Waals surface area (Å²) in [5.41, 5.74) is 4.70. The lowest BCUT2D eigenvalue weighted by Gasteiger charge is -2.23. The van der Waals surface area contributed by atoms with Crippen LogP contribution in [0.15, 0.2) is 78.9 Å². The summed E-state index contributed by atoms with van der Waals surface area (Å²) < 4.78 is 0. The van der Waals surface area contributed by atoms with E-state index in [-0.39, 0.29) is 18.4 Å². The van der Waals surface area contributed by atoms with Crippen molar-refractivity contribution in [1.82, 2.24) is 4.90 Å². The average molecular weight is 415 g/mol. The molecule has 3 aromatic carbocycles. The average Bonchev–Trinajstić information content (AvgIpc) is 2.79. The molecular weight excluding hydrogens is 384 g/mol. The molecule has 0 heterocycles. The van der Waals surface area contributed by atoms with Crippen LogP contribution in [0, 0.1) is 6.92 Å². The van der Waals surface area contributed by atoms with Crippen LogP contribution < -0.4 is 5.32 Å². The number of anilines is 1. The minimum Gasteiger partial charge on any atom is -0.329 e. The van der Waals surface area contributed by atoms with Gasteiger partial charge in [-0.05, 0) is 55.0 Å². The van der Waals surface area contributed by atoms with E-state index in [9.17, 15) is 9.59 Å². The fourth-order valence-electron chi connectivity index (χ4n) is 3.64. The third-order valence-corrected chi connectivity index (χ3v) is 5.31. The Morgan fingerprint density at radius 1 is 0.839 bits per heavy atom. The number of aryl methyl sites for hydroxylation is 3. The molecule has 3 rings (SSSR count). The quantitative estimate of drug-likeness (QED) is 0.518. The Labute approximate surface area is 184 Å². The monoisotopic (exact) mass is 414 g/mol. The van der Waals surface area contributed by atoms with Crippen LogP contribution in [0.25, 0.3) is 0 Å². The van der Waals surface area contributed by atoms with Crippen molar-refractivity contribution in [2.75, 3.05) is 18.4 Å². The van der Waals surface area contributed by atoms with Gasteiger partial charge in [-0.2, -0.15) is 0 Å². The van der Waals surface area contributed by atoms with E-state index >= 15 is 0 Å². The number of rotatable bonds is 9. The highest BCUT2D eigenvalue weighted by Gasteiger charge is 2.20. The largest absolute Gasteiger partial charge is 0.329 e. The molecule has 0 radical (unpaired) electrons. The molecule has 0 unspecified atom stereocenters. The molecule has 0 spiro atoms. The molecule has 4 nitrogen and oxygen atoms in total. The SMILES string of the molecule is CCCN(CC(=O)Nc1ccccc1C)C(=O)c1ccccc1CCc1ccccc1. The number of benzene rings is 3. The smallest absolute Gasteiger partial charge is 0.254 e. The number of amides is 2. The van der Waals surface area contributed by atoms with Crippen LogP contribution in [0.4, 0.5) is 5.69 Å². The molecular formula is C27H30N2O2. The number of hydrogen-bond acceptors (Lipinski definition) is 2. The number of nitrogens with one attached hydrogen (secondary N) is 1. The summed E-state index contributed by atoms with van der Waals surface area (Å²) in [5, 5.41) is 2.93. The van der Waals surface area contributed by atoms with Crippen LogP contribution in [0.1, 0.15) is 40.4 Å². The normalized spacial score (nSPS) is 10.5. The molecule has 0 aliphatic carbocycles. The highest BCUT2D eigenvalue weighted by molar-refractivity contribution is 6.00. The molecule has 1 N–H and O–H groups in total. The van der Waals surface area contributed by atoms with E-state index in [1.54, 1.807) is 4.90 Å². The maximum absolute atomic E-state index is 13.4. The van der Waals surface area contributed by atoms with Crippen LogP contribution in [-0.2, 0) is 17.6 Å². The molecule has 0 aromatic heterocycles. The molecule has 0 saturated heterocycles. The molecule has 0 fully saturated rings. The van der Waals surface area contributed by atoms with Gasteiger partial charge in [0.25, 0.3) is 5.91 Å². The molecule has 0 aliphatic rings. The van der Waals surface area contributed by atoms with Gasteiger partial charge in [-0.1, -0.05) is 73.7 Å². The van der Waals surface area contributed by atoms with E-state index in [0.29, 0.717) is 12.1 Å². The minimum atomic E-state index is -0.183. The number of hydrogen-bond donors (Lipinski definition) is 1. The number of carbonyl (C=O) groups excluding carboxylic acids is 2. The van der Waals surface area contributed by atoms with Gasteiger partial charge in [0.2, 0.25) is 5.91 Å². The van der Waals surface area contributed by atoms with E-state index in [0.717, 1.165) is 36.1 Å². The van der Waals surface area contributed by atoms with Gasteiger partial charge in [0, 0.05) is 17.8 Å². The van der Waals surface area contributed by atoms with Gasteiger partial charge in [0.15, 0.2) is 0 Å². The van der Waals surface area contributed by atoms with Crippen molar-refractivity contribution in [3.8, 4) is 0 Å². The van der Waals surface area contributed by atoms with Gasteiger partial charge in [0.05, 0.1) is 0 Å². The second-order valence-corrected chi connectivity index (χ2v) is 7.73. The summed E-state index contributed by atoms with van der Waals surface area (Å²) in [6, 6.07) is 25.6. The lowest BCUT2D eigenvalue weighted by atomic mass is 9.99. The Kier molecular flexibility index (Phi) is 7.99. The Hall–Kier alpha value is -3.40. The van der Waals surface area contributed by atoms with Gasteiger partial charge in [-0.3, -0.25) is 9.59 Å². The summed E-state index contributed by atoms with van der Waals surface area (Å²) in [6.45, 7) is 4.54. The zero-order valence-corrected chi connectivity index (χ0v) is 18.3. The zero-order chi connectivity index (χ0) is 22.1. The van der Waals surface area contributed by atoms with Gasteiger partial charge >= 0.3 is 0 Å². The molecule has 3 aromatic rings. The van der Waals surface area contributed by atoms with Crippen LogP contribution in [0.5, 0.6) is 0 Å². The van der Waals surface area contributed by atoms with Crippen LogP contribution >= 0.6 is 0 Å². The highest BCUT2D eigenvalue weighted by Crippen LogP contribution is 2.17. The third-order valence-electron chi connectivity index (χ3n) is 5.31. The van der Waals surface area contributed by atoms with Gasteiger partial charge in [-0.25, -0.2) is 0 Å². The molecule has 0 aliphatic heterocycles. The summed E-state index contributed by atoms with van der Waals surface area (Å²) in [5.74, 6) is -0.275. The Balaban J connectivity index is 1.72. The first-order valence-electron chi connectivity index (χ1n) is 10.8. The lowest BCUT2D eigenvalue weighted by Crippen LogP contribution is -2.39. The van der Waals surface area contributed by atoms with E-state index in [1.807, 2.05) is 80.6 Å². The molecule has 31 heavy (non-hydrogen) atoms. The molecule has 160 valence electrons. The second kappa shape index (κ2) is 11.1. The van der Waals surface area contributed by atoms with Crippen molar-refractivity contribution in [1.29, 1.82) is 0 Å². The summed E-state index contributed by atoms with van der Waals surface area (Å²) >= 11 is 0. The zero-order valence-electron chi connectivity index (χ0n) is 18.3. The number of carbonyl (C=O) groups is 2. The van der Waals surface area contributed by atoms with Crippen molar-refractivity contribution in [2.45, 2.75) is 33.1 Å². The first-order valence-corrected chi connectivity index (χ1v) is 10.8. The maximum atomic E-state index is 13.4. The topological polar surface area (TPSA) is 49.4 Å².